The molecule has 1 saturated heterocycles. The number of sulfonamides is 1. The van der Waals surface area contributed by atoms with Crippen LogP contribution in [0.4, 0.5) is 0 Å². The van der Waals surface area contributed by atoms with E-state index in [9.17, 15) is 18.3 Å². The molecule has 2 aliphatic rings. The molecule has 1 N–H and O–H groups in total. The third-order valence-electron chi connectivity index (χ3n) is 5.73. The standard InChI is InChI=1S/C19H30N2O4S2/c1-2-11-21(16-6-3-4-7-17(16)22)19(23)15-9-12-20(13-10-15)27(24,25)18-8-5-14-26-18/h5,8,14-17,22H,2-4,6-7,9-13H2,1H3/t16-,17+/m1/s1. The fourth-order valence-corrected chi connectivity index (χ4v) is 6.86. The van der Waals surface area contributed by atoms with Crippen LogP contribution in [0.1, 0.15) is 51.9 Å². The maximum Gasteiger partial charge on any atom is 0.252 e. The number of hydrogen-bond acceptors (Lipinski definition) is 5. The normalized spacial score (nSPS) is 25.4. The van der Waals surface area contributed by atoms with Crippen LogP contribution in [0.5, 0.6) is 0 Å². The highest BCUT2D eigenvalue weighted by Gasteiger charge is 2.37. The van der Waals surface area contributed by atoms with E-state index in [4.69, 9.17) is 0 Å². The average Bonchev–Trinajstić information content (AvgIpc) is 3.22. The van der Waals surface area contributed by atoms with Gasteiger partial charge >= 0.3 is 0 Å². The molecule has 1 aliphatic heterocycles. The fourth-order valence-electron chi connectivity index (χ4n) is 4.25. The van der Waals surface area contributed by atoms with Crippen molar-refractivity contribution in [1.29, 1.82) is 0 Å². The molecule has 2 atom stereocenters. The minimum Gasteiger partial charge on any atom is -0.391 e. The van der Waals surface area contributed by atoms with Crippen molar-refractivity contribution in [3.8, 4) is 0 Å². The quantitative estimate of drug-likeness (QED) is 0.776. The van der Waals surface area contributed by atoms with Crippen molar-refractivity contribution in [1.82, 2.24) is 9.21 Å². The van der Waals surface area contributed by atoms with Gasteiger partial charge in [0.05, 0.1) is 12.1 Å². The maximum absolute atomic E-state index is 13.2. The van der Waals surface area contributed by atoms with Crippen LogP contribution in [0.3, 0.4) is 0 Å². The molecule has 0 spiro atoms. The lowest BCUT2D eigenvalue weighted by Gasteiger charge is -2.40. The second-order valence-electron chi connectivity index (χ2n) is 7.56. The molecule has 27 heavy (non-hydrogen) atoms. The van der Waals surface area contributed by atoms with Gasteiger partial charge in [-0.25, -0.2) is 8.42 Å². The van der Waals surface area contributed by atoms with Crippen molar-refractivity contribution in [2.75, 3.05) is 19.6 Å². The Bertz CT molecular complexity index is 712. The molecular formula is C19H30N2O4S2. The van der Waals surface area contributed by atoms with Crippen LogP contribution < -0.4 is 0 Å². The van der Waals surface area contributed by atoms with E-state index < -0.39 is 16.1 Å². The minimum absolute atomic E-state index is 0.0842. The molecule has 2 fully saturated rings. The largest absolute Gasteiger partial charge is 0.391 e. The smallest absolute Gasteiger partial charge is 0.252 e. The van der Waals surface area contributed by atoms with Crippen LogP contribution in [0.15, 0.2) is 21.7 Å². The summed E-state index contributed by atoms with van der Waals surface area (Å²) in [6.07, 6.45) is 5.21. The van der Waals surface area contributed by atoms with Crippen LogP contribution in [-0.2, 0) is 14.8 Å². The number of rotatable bonds is 6. The zero-order valence-electron chi connectivity index (χ0n) is 15.9. The Morgan fingerprint density at radius 3 is 2.56 bits per heavy atom. The summed E-state index contributed by atoms with van der Waals surface area (Å²) >= 11 is 1.23. The summed E-state index contributed by atoms with van der Waals surface area (Å²) in [5.74, 6) is -0.0589. The third-order valence-corrected chi connectivity index (χ3v) is 9.01. The Kier molecular flexibility index (Phi) is 6.94. The van der Waals surface area contributed by atoms with Gasteiger partial charge in [0.2, 0.25) is 5.91 Å². The molecule has 0 aromatic carbocycles. The van der Waals surface area contributed by atoms with Gasteiger partial charge in [-0.1, -0.05) is 25.8 Å². The van der Waals surface area contributed by atoms with E-state index in [0.29, 0.717) is 36.7 Å². The first-order valence-corrected chi connectivity index (χ1v) is 12.3. The van der Waals surface area contributed by atoms with Crippen LogP contribution >= 0.6 is 11.3 Å². The van der Waals surface area contributed by atoms with Crippen molar-refractivity contribution in [2.24, 2.45) is 5.92 Å². The molecule has 1 aromatic rings. The lowest BCUT2D eigenvalue weighted by Crippen LogP contribution is -2.52. The van der Waals surface area contributed by atoms with E-state index in [0.717, 1.165) is 32.1 Å². The summed E-state index contributed by atoms with van der Waals surface area (Å²) in [5.41, 5.74) is 0. The number of thiophene rings is 1. The highest BCUT2D eigenvalue weighted by atomic mass is 32.2. The Hall–Kier alpha value is -0.960. The molecule has 0 bridgehead atoms. The molecule has 2 heterocycles. The molecular weight excluding hydrogens is 384 g/mol. The topological polar surface area (TPSA) is 77.9 Å². The van der Waals surface area contributed by atoms with E-state index in [1.54, 1.807) is 17.5 Å². The van der Waals surface area contributed by atoms with Gasteiger partial charge in [-0.3, -0.25) is 4.79 Å². The van der Waals surface area contributed by atoms with Gasteiger partial charge in [0, 0.05) is 25.6 Å². The van der Waals surface area contributed by atoms with E-state index in [1.165, 1.54) is 15.6 Å². The van der Waals surface area contributed by atoms with Crippen molar-refractivity contribution in [3.63, 3.8) is 0 Å². The Balaban J connectivity index is 1.64. The van der Waals surface area contributed by atoms with E-state index in [-0.39, 0.29) is 17.9 Å². The number of nitrogens with zero attached hydrogens (tertiary/aromatic N) is 2. The molecule has 8 heteroatoms. The van der Waals surface area contributed by atoms with Crippen molar-refractivity contribution >= 4 is 27.3 Å². The number of hydrogen-bond donors (Lipinski definition) is 1. The van der Waals surface area contributed by atoms with Gasteiger partial charge in [-0.2, -0.15) is 4.31 Å². The second kappa shape index (κ2) is 9.03. The molecule has 0 unspecified atom stereocenters. The second-order valence-corrected chi connectivity index (χ2v) is 10.7. The lowest BCUT2D eigenvalue weighted by molar-refractivity contribution is -0.143. The van der Waals surface area contributed by atoms with Crippen molar-refractivity contribution in [2.45, 2.75) is 68.2 Å². The molecule has 3 rings (SSSR count). The Morgan fingerprint density at radius 1 is 1.26 bits per heavy atom. The molecule has 1 amide bonds. The summed E-state index contributed by atoms with van der Waals surface area (Å²) in [5, 5.41) is 12.2. The molecule has 0 radical (unpaired) electrons. The van der Waals surface area contributed by atoms with Gasteiger partial charge in [0.1, 0.15) is 4.21 Å². The number of carbonyl (C=O) groups is 1. The first-order valence-electron chi connectivity index (χ1n) is 9.97. The maximum atomic E-state index is 13.2. The number of piperidine rings is 1. The van der Waals surface area contributed by atoms with Gasteiger partial charge < -0.3 is 10.0 Å². The van der Waals surface area contributed by atoms with E-state index in [2.05, 4.69) is 0 Å². The first kappa shape index (κ1) is 20.8. The number of carbonyl (C=O) groups excluding carboxylic acids is 1. The van der Waals surface area contributed by atoms with Crippen molar-refractivity contribution in [3.05, 3.63) is 17.5 Å². The predicted molar refractivity (Wildman–Crippen MR) is 106 cm³/mol. The fraction of sp³-hybridized carbons (Fsp3) is 0.737. The summed E-state index contributed by atoms with van der Waals surface area (Å²) in [7, 11) is -3.44. The SMILES string of the molecule is CCCN(C(=O)C1CCN(S(=O)(=O)c2cccs2)CC1)[C@@H]1CCCC[C@@H]1O. The van der Waals surface area contributed by atoms with Gasteiger partial charge in [0.25, 0.3) is 10.0 Å². The molecule has 1 aromatic heterocycles. The van der Waals surface area contributed by atoms with E-state index in [1.807, 2.05) is 11.8 Å². The number of amides is 1. The highest BCUT2D eigenvalue weighted by Crippen LogP contribution is 2.30. The number of aliphatic hydroxyl groups excluding tert-OH is 1. The Labute approximate surface area is 166 Å². The third kappa shape index (κ3) is 4.55. The van der Waals surface area contributed by atoms with Crippen molar-refractivity contribution < 1.29 is 18.3 Å². The summed E-state index contributed by atoms with van der Waals surface area (Å²) in [6.45, 7) is 3.47. The summed E-state index contributed by atoms with van der Waals surface area (Å²) in [4.78, 5) is 15.1. The highest BCUT2D eigenvalue weighted by molar-refractivity contribution is 7.91. The van der Waals surface area contributed by atoms with E-state index >= 15 is 0 Å². The summed E-state index contributed by atoms with van der Waals surface area (Å²) < 4.78 is 27.2. The number of aliphatic hydroxyl groups is 1. The molecule has 6 nitrogen and oxygen atoms in total. The zero-order valence-corrected chi connectivity index (χ0v) is 17.6. The molecule has 1 saturated carbocycles. The lowest BCUT2D eigenvalue weighted by atomic mass is 9.89. The monoisotopic (exact) mass is 414 g/mol. The average molecular weight is 415 g/mol. The van der Waals surface area contributed by atoms with Gasteiger partial charge in [-0.15, -0.1) is 11.3 Å². The molecule has 1 aliphatic carbocycles. The molecule has 152 valence electrons. The van der Waals surface area contributed by atoms with Crippen LogP contribution in [-0.4, -0.2) is 60.4 Å². The van der Waals surface area contributed by atoms with Crippen LogP contribution in [0.2, 0.25) is 0 Å². The Morgan fingerprint density at radius 2 is 1.96 bits per heavy atom. The summed E-state index contributed by atoms with van der Waals surface area (Å²) in [6, 6.07) is 3.29. The predicted octanol–water partition coefficient (Wildman–Crippen LogP) is 2.69. The van der Waals surface area contributed by atoms with Gasteiger partial charge in [-0.05, 0) is 43.6 Å². The van der Waals surface area contributed by atoms with Crippen LogP contribution in [0.25, 0.3) is 0 Å². The minimum atomic E-state index is -3.44. The van der Waals surface area contributed by atoms with Crippen LogP contribution in [0, 0.1) is 5.92 Å². The first-order chi connectivity index (χ1) is 12.9. The van der Waals surface area contributed by atoms with Gasteiger partial charge in [0.15, 0.2) is 0 Å². The zero-order chi connectivity index (χ0) is 19.4.